The lowest BCUT2D eigenvalue weighted by molar-refractivity contribution is -0.144. The third-order valence-corrected chi connectivity index (χ3v) is 5.80. The number of ether oxygens (including phenoxy) is 1. The minimum Gasteiger partial charge on any atom is -0.465 e. The maximum atomic E-state index is 11.1. The number of hydrogen-bond acceptors (Lipinski definition) is 5. The molecule has 180 valence electrons. The first-order valence-electron chi connectivity index (χ1n) is 11.6. The third-order valence-electron chi connectivity index (χ3n) is 4.93. The van der Waals surface area contributed by atoms with E-state index in [1.165, 1.54) is 76.3 Å². The van der Waals surface area contributed by atoms with Crippen molar-refractivity contribution in [3.8, 4) is 0 Å². The summed E-state index contributed by atoms with van der Waals surface area (Å²) in [4.78, 5) is 11.0. The van der Waals surface area contributed by atoms with Crippen molar-refractivity contribution in [1.82, 2.24) is 0 Å². The number of nitrogens with two attached hydrogens (primary N) is 1. The van der Waals surface area contributed by atoms with Gasteiger partial charge in [-0.2, -0.15) is 8.42 Å². The Balaban J connectivity index is 0.000000683. The van der Waals surface area contributed by atoms with Gasteiger partial charge in [0.05, 0.1) is 11.5 Å². The zero-order chi connectivity index (χ0) is 23.5. The van der Waals surface area contributed by atoms with Gasteiger partial charge in [0.25, 0.3) is 10.1 Å². The first-order valence-corrected chi connectivity index (χ1v) is 13.1. The molecule has 31 heavy (non-hydrogen) atoms. The molecule has 0 unspecified atom stereocenters. The smallest absolute Gasteiger partial charge is 0.322 e. The van der Waals surface area contributed by atoms with E-state index in [1.54, 1.807) is 19.1 Å². The number of carbonyl (C=O) groups is 1. The van der Waals surface area contributed by atoms with Crippen LogP contribution in [0.4, 0.5) is 0 Å². The summed E-state index contributed by atoms with van der Waals surface area (Å²) in [6.45, 7) is 6.29. The molecule has 0 saturated carbocycles. The molecule has 0 heterocycles. The molecule has 0 spiro atoms. The summed E-state index contributed by atoms with van der Waals surface area (Å²) in [5.41, 5.74) is 6.36. The Hall–Kier alpha value is -1.44. The molecule has 3 N–H and O–H groups in total. The van der Waals surface area contributed by atoms with Crippen molar-refractivity contribution in [2.24, 2.45) is 5.73 Å². The molecule has 6 nitrogen and oxygen atoms in total. The minimum atomic E-state index is -4.02. The van der Waals surface area contributed by atoms with Crippen LogP contribution in [0.15, 0.2) is 29.2 Å². The molecule has 0 aliphatic rings. The van der Waals surface area contributed by atoms with E-state index in [2.05, 4.69) is 6.92 Å². The van der Waals surface area contributed by atoms with Crippen LogP contribution in [0.3, 0.4) is 0 Å². The SMILES string of the molecule is CCCCCCCCCCCCCCOC(=O)[C@H](C)N.Cc1ccc(S(=O)(=O)O)cc1. The van der Waals surface area contributed by atoms with Crippen LogP contribution >= 0.6 is 0 Å². The number of rotatable bonds is 15. The van der Waals surface area contributed by atoms with Gasteiger partial charge in [-0.1, -0.05) is 95.2 Å². The van der Waals surface area contributed by atoms with E-state index >= 15 is 0 Å². The van der Waals surface area contributed by atoms with E-state index in [4.69, 9.17) is 15.0 Å². The minimum absolute atomic E-state index is 0.0666. The van der Waals surface area contributed by atoms with Crippen LogP contribution in [0.1, 0.15) is 96.5 Å². The first kappa shape index (κ1) is 29.6. The van der Waals surface area contributed by atoms with Crippen molar-refractivity contribution >= 4 is 16.1 Å². The Bertz CT molecular complexity index is 672. The largest absolute Gasteiger partial charge is 0.465 e. The molecule has 0 amide bonds. The van der Waals surface area contributed by atoms with Gasteiger partial charge in [-0.15, -0.1) is 0 Å². The standard InChI is InChI=1S/C17H35NO2.C7H8O3S/c1-3-4-5-6-7-8-9-10-11-12-13-14-15-20-17(19)16(2)18;1-6-2-4-7(5-3-6)11(8,9)10/h16H,3-15,18H2,1-2H3;2-5H,1H3,(H,8,9,10)/t16-;/m0./s1. The average Bonchev–Trinajstić information content (AvgIpc) is 2.71. The van der Waals surface area contributed by atoms with Gasteiger partial charge >= 0.3 is 5.97 Å². The average molecular weight is 458 g/mol. The molecular weight excluding hydrogens is 414 g/mol. The van der Waals surface area contributed by atoms with Gasteiger partial charge in [0.1, 0.15) is 6.04 Å². The van der Waals surface area contributed by atoms with Crippen LogP contribution in [0.25, 0.3) is 0 Å². The van der Waals surface area contributed by atoms with Crippen LogP contribution in [0, 0.1) is 6.92 Å². The summed E-state index contributed by atoms with van der Waals surface area (Å²) < 4.78 is 34.6. The maximum absolute atomic E-state index is 11.1. The lowest BCUT2D eigenvalue weighted by atomic mass is 10.1. The number of unbranched alkanes of at least 4 members (excludes halogenated alkanes) is 11. The topological polar surface area (TPSA) is 107 Å². The van der Waals surface area contributed by atoms with Crippen molar-refractivity contribution < 1.29 is 22.5 Å². The van der Waals surface area contributed by atoms with E-state index < -0.39 is 16.2 Å². The van der Waals surface area contributed by atoms with Crippen molar-refractivity contribution in [1.29, 1.82) is 0 Å². The number of esters is 1. The fourth-order valence-corrected chi connectivity index (χ4v) is 3.44. The second kappa shape index (κ2) is 18.2. The monoisotopic (exact) mass is 457 g/mol. The molecular formula is C24H43NO5S. The van der Waals surface area contributed by atoms with Gasteiger partial charge < -0.3 is 10.5 Å². The molecule has 1 atom stereocenters. The highest BCUT2D eigenvalue weighted by Gasteiger charge is 2.07. The highest BCUT2D eigenvalue weighted by atomic mass is 32.2. The van der Waals surface area contributed by atoms with E-state index in [1.807, 2.05) is 6.92 Å². The molecule has 0 bridgehead atoms. The van der Waals surface area contributed by atoms with Gasteiger partial charge in [0.2, 0.25) is 0 Å². The van der Waals surface area contributed by atoms with Crippen molar-refractivity contribution in [2.75, 3.05) is 6.61 Å². The normalized spacial score (nSPS) is 12.0. The Morgan fingerprint density at radius 3 is 1.71 bits per heavy atom. The molecule has 0 fully saturated rings. The highest BCUT2D eigenvalue weighted by molar-refractivity contribution is 7.85. The molecule has 1 rings (SSSR count). The number of hydrogen-bond donors (Lipinski definition) is 2. The summed E-state index contributed by atoms with van der Waals surface area (Å²) in [5.74, 6) is -0.284. The van der Waals surface area contributed by atoms with Gasteiger partial charge in [0, 0.05) is 0 Å². The van der Waals surface area contributed by atoms with Gasteiger partial charge in [0.15, 0.2) is 0 Å². The van der Waals surface area contributed by atoms with Crippen molar-refractivity contribution in [3.05, 3.63) is 29.8 Å². The van der Waals surface area contributed by atoms with Crippen LogP contribution in [-0.4, -0.2) is 31.6 Å². The molecule has 0 saturated heterocycles. The fourth-order valence-electron chi connectivity index (χ4n) is 2.96. The summed E-state index contributed by atoms with van der Waals surface area (Å²) in [7, 11) is -4.02. The lowest BCUT2D eigenvalue weighted by Gasteiger charge is -2.06. The number of aryl methyl sites for hydroxylation is 1. The molecule has 0 aliphatic heterocycles. The Kier molecular flexibility index (Phi) is 17.3. The van der Waals surface area contributed by atoms with Crippen LogP contribution in [-0.2, 0) is 19.6 Å². The van der Waals surface area contributed by atoms with Crippen LogP contribution in [0.5, 0.6) is 0 Å². The molecule has 0 aromatic heterocycles. The Morgan fingerprint density at radius 2 is 1.32 bits per heavy atom. The maximum Gasteiger partial charge on any atom is 0.322 e. The summed E-state index contributed by atoms with van der Waals surface area (Å²) in [6, 6.07) is 5.49. The van der Waals surface area contributed by atoms with Gasteiger partial charge in [-0.3, -0.25) is 9.35 Å². The fraction of sp³-hybridized carbons (Fsp3) is 0.708. The predicted octanol–water partition coefficient (Wildman–Crippen LogP) is 5.82. The quantitative estimate of drug-likeness (QED) is 0.195. The summed E-state index contributed by atoms with van der Waals surface area (Å²) in [5, 5.41) is 0. The summed E-state index contributed by atoms with van der Waals surface area (Å²) >= 11 is 0. The Labute approximate surface area is 189 Å². The van der Waals surface area contributed by atoms with Crippen LogP contribution in [0.2, 0.25) is 0 Å². The zero-order valence-electron chi connectivity index (χ0n) is 19.6. The highest BCUT2D eigenvalue weighted by Crippen LogP contribution is 2.12. The van der Waals surface area contributed by atoms with Gasteiger partial charge in [-0.25, -0.2) is 0 Å². The molecule has 1 aromatic carbocycles. The second-order valence-electron chi connectivity index (χ2n) is 8.13. The van der Waals surface area contributed by atoms with Crippen molar-refractivity contribution in [3.63, 3.8) is 0 Å². The zero-order valence-corrected chi connectivity index (χ0v) is 20.5. The first-order chi connectivity index (χ1) is 14.7. The van der Waals surface area contributed by atoms with E-state index in [-0.39, 0.29) is 10.9 Å². The van der Waals surface area contributed by atoms with E-state index in [9.17, 15) is 13.2 Å². The number of benzene rings is 1. The third kappa shape index (κ3) is 17.9. The van der Waals surface area contributed by atoms with E-state index in [0.29, 0.717) is 6.61 Å². The molecule has 0 aliphatic carbocycles. The van der Waals surface area contributed by atoms with Gasteiger partial charge in [-0.05, 0) is 32.4 Å². The molecule has 0 radical (unpaired) electrons. The second-order valence-corrected chi connectivity index (χ2v) is 9.55. The Morgan fingerprint density at radius 1 is 0.903 bits per heavy atom. The van der Waals surface area contributed by atoms with E-state index in [0.717, 1.165) is 18.4 Å². The number of carbonyl (C=O) groups excluding carboxylic acids is 1. The lowest BCUT2D eigenvalue weighted by Crippen LogP contribution is -2.28. The predicted molar refractivity (Wildman–Crippen MR) is 127 cm³/mol. The summed E-state index contributed by atoms with van der Waals surface area (Å²) in [6.07, 6.45) is 15.8. The van der Waals surface area contributed by atoms with Crippen molar-refractivity contribution in [2.45, 2.75) is 109 Å². The van der Waals surface area contributed by atoms with Crippen LogP contribution < -0.4 is 5.73 Å². The molecule has 1 aromatic rings. The molecule has 7 heteroatoms.